The van der Waals surface area contributed by atoms with E-state index in [9.17, 15) is 0 Å². The van der Waals surface area contributed by atoms with Gasteiger partial charge in [0.1, 0.15) is 23.8 Å². The maximum absolute atomic E-state index is 5.69. The third-order valence-corrected chi connectivity index (χ3v) is 5.05. The lowest BCUT2D eigenvalue weighted by atomic mass is 10.2. The minimum atomic E-state index is 0.504. The molecule has 0 aliphatic carbocycles. The summed E-state index contributed by atoms with van der Waals surface area (Å²) in [7, 11) is 1.61. The van der Waals surface area contributed by atoms with Crippen molar-refractivity contribution in [1.82, 2.24) is 14.5 Å². The van der Waals surface area contributed by atoms with Crippen LogP contribution in [-0.4, -0.2) is 16.6 Å². The third kappa shape index (κ3) is 13.9. The van der Waals surface area contributed by atoms with E-state index in [0.717, 1.165) is 27.7 Å². The van der Waals surface area contributed by atoms with E-state index in [0.29, 0.717) is 11.6 Å². The number of halogens is 2. The quantitative estimate of drug-likeness (QED) is 0.121. The zero-order valence-electron chi connectivity index (χ0n) is 21.1. The van der Waals surface area contributed by atoms with E-state index < -0.39 is 0 Å². The van der Waals surface area contributed by atoms with Crippen LogP contribution in [0.3, 0.4) is 0 Å². The number of nitrogens with zero attached hydrogens (tertiary/aromatic N) is 5. The van der Waals surface area contributed by atoms with Gasteiger partial charge in [0.2, 0.25) is 4.91 Å². The number of thioether (sulfide) groups is 1. The molecule has 0 unspecified atom stereocenters. The van der Waals surface area contributed by atoms with E-state index >= 15 is 0 Å². The summed E-state index contributed by atoms with van der Waals surface area (Å²) in [5.74, 6) is 0. The van der Waals surface area contributed by atoms with Crippen molar-refractivity contribution in [3.8, 4) is 12.8 Å². The highest BCUT2D eigenvalue weighted by Crippen LogP contribution is 2.35. The van der Waals surface area contributed by atoms with Crippen molar-refractivity contribution in [3.05, 3.63) is 81.6 Å². The Bertz CT molecular complexity index is 982. The van der Waals surface area contributed by atoms with Crippen LogP contribution in [0.5, 0.6) is 0 Å². The van der Waals surface area contributed by atoms with Crippen LogP contribution in [0.1, 0.15) is 49.6 Å². The molecule has 0 fully saturated rings. The second-order valence-corrected chi connectivity index (χ2v) is 8.78. The predicted molar refractivity (Wildman–Crippen MR) is 150 cm³/mol. The lowest BCUT2D eigenvalue weighted by Crippen LogP contribution is -2.04. The maximum atomic E-state index is 5.69. The van der Waals surface area contributed by atoms with Gasteiger partial charge < -0.3 is 4.57 Å². The van der Waals surface area contributed by atoms with Gasteiger partial charge in [0.15, 0.2) is 0 Å². The Labute approximate surface area is 219 Å². The van der Waals surface area contributed by atoms with E-state index in [4.69, 9.17) is 23.2 Å². The lowest BCUT2D eigenvalue weighted by molar-refractivity contribution is 0.702. The number of rotatable bonds is 7. The molecule has 184 valence electrons. The molecule has 0 spiro atoms. The molecule has 0 bridgehead atoms. The molecule has 34 heavy (non-hydrogen) atoms. The molecule has 2 rings (SSSR count). The number of aromatic nitrogens is 2. The zero-order valence-corrected chi connectivity index (χ0v) is 23.4. The van der Waals surface area contributed by atoms with E-state index in [1.54, 1.807) is 44.2 Å². The molecule has 0 amide bonds. The standard InChI is InChI=1S/C18H21ClN5S.C3H5Cl.C3H8.C2H2/c1-13(5-8-19)25-18-14(2)17(11-22-23-20-4)15(3)24(18)12-16-6-9-21-10-7-16;1-3(2)4;1-3-2;1-2/h5-10H,1,11-12H2,2-4H3;1H2,2H3;3H2,1-2H3;1-2H/q+1;;;/b8-5+;;;. The predicted octanol–water partition coefficient (Wildman–Crippen LogP) is 8.43. The van der Waals surface area contributed by atoms with Gasteiger partial charge in [0.25, 0.3) is 0 Å². The number of hydrogen-bond acceptors (Lipinski definition) is 4. The summed E-state index contributed by atoms with van der Waals surface area (Å²) < 4.78 is 2.27. The summed E-state index contributed by atoms with van der Waals surface area (Å²) in [5.41, 5.74) is 6.16. The molecule has 5 nitrogen and oxygen atoms in total. The fraction of sp³-hybridized carbons (Fsp3) is 0.346. The molecule has 0 saturated carbocycles. The Hall–Kier alpha value is -2.55. The second-order valence-electron chi connectivity index (χ2n) is 6.77. The lowest BCUT2D eigenvalue weighted by Gasteiger charge is -2.12. The fourth-order valence-corrected chi connectivity index (χ4v) is 3.74. The topological polar surface area (TPSA) is 56.6 Å². The van der Waals surface area contributed by atoms with Crippen molar-refractivity contribution in [3.63, 3.8) is 0 Å². The van der Waals surface area contributed by atoms with Crippen LogP contribution in [0.15, 0.2) is 74.5 Å². The molecule has 8 heteroatoms. The van der Waals surface area contributed by atoms with Crippen LogP contribution in [0.4, 0.5) is 0 Å². The van der Waals surface area contributed by atoms with E-state index in [2.05, 4.69) is 78.4 Å². The Morgan fingerprint density at radius 2 is 1.76 bits per heavy atom. The SMILES string of the molecule is C#C.C=C(/C=C/Cl)Sc1c(C)c(CN=[N+]=NC)c(C)n1Cc1ccncc1.C=C(C)Cl.CCC. The maximum Gasteiger partial charge on any atom is 0.217 e. The van der Waals surface area contributed by atoms with Gasteiger partial charge in [-0.25, -0.2) is 0 Å². The van der Waals surface area contributed by atoms with Gasteiger partial charge >= 0.3 is 0 Å². The van der Waals surface area contributed by atoms with Gasteiger partial charge in [-0.1, -0.05) is 68.4 Å². The first-order chi connectivity index (χ1) is 16.2. The summed E-state index contributed by atoms with van der Waals surface area (Å²) in [5, 5.41) is 9.58. The molecular weight excluding hydrogens is 485 g/mol. The average molecular weight is 522 g/mol. The molecule has 0 saturated heterocycles. The zero-order chi connectivity index (χ0) is 26.5. The summed E-state index contributed by atoms with van der Waals surface area (Å²) in [6, 6.07) is 4.04. The monoisotopic (exact) mass is 520 g/mol. The molecule has 2 aromatic heterocycles. The second kappa shape index (κ2) is 21.0. The molecule has 0 N–H and O–H groups in total. The Kier molecular flexibility index (Phi) is 20.8. The van der Waals surface area contributed by atoms with Crippen LogP contribution < -0.4 is 4.91 Å². The van der Waals surface area contributed by atoms with Crippen molar-refractivity contribution in [2.45, 2.75) is 59.2 Å². The molecular formula is C26H36Cl2N5S+. The fourth-order valence-electron chi connectivity index (χ4n) is 2.54. The Morgan fingerprint density at radius 3 is 2.24 bits per heavy atom. The minimum absolute atomic E-state index is 0.504. The van der Waals surface area contributed by atoms with Gasteiger partial charge in [-0.2, -0.15) is 0 Å². The molecule has 0 aliphatic rings. The number of pyridine rings is 1. The van der Waals surface area contributed by atoms with E-state index in [1.807, 2.05) is 12.1 Å². The van der Waals surface area contributed by atoms with Crippen molar-refractivity contribution in [1.29, 1.82) is 0 Å². The Morgan fingerprint density at radius 1 is 1.24 bits per heavy atom. The molecule has 0 radical (unpaired) electrons. The van der Waals surface area contributed by atoms with Crippen LogP contribution in [0, 0.1) is 26.7 Å². The summed E-state index contributed by atoms with van der Waals surface area (Å²) in [4.78, 5) is 8.71. The Balaban J connectivity index is 0. The van der Waals surface area contributed by atoms with Crippen molar-refractivity contribution < 1.29 is 0 Å². The van der Waals surface area contributed by atoms with Gasteiger partial charge in [0, 0.05) is 45.7 Å². The third-order valence-electron chi connectivity index (χ3n) is 3.81. The molecule has 0 atom stereocenters. The summed E-state index contributed by atoms with van der Waals surface area (Å²) >= 11 is 12.4. The van der Waals surface area contributed by atoms with Gasteiger partial charge in [-0.05, 0) is 50.1 Å². The molecule has 0 aromatic carbocycles. The summed E-state index contributed by atoms with van der Waals surface area (Å²) in [6.07, 6.45) is 14.7. The van der Waals surface area contributed by atoms with Crippen LogP contribution in [0.2, 0.25) is 0 Å². The van der Waals surface area contributed by atoms with Crippen molar-refractivity contribution in [2.75, 3.05) is 7.05 Å². The minimum Gasteiger partial charge on any atom is -0.335 e. The number of terminal acetylenes is 1. The van der Waals surface area contributed by atoms with E-state index in [1.165, 1.54) is 23.1 Å². The van der Waals surface area contributed by atoms with Gasteiger partial charge in [-0.3, -0.25) is 4.98 Å². The first-order valence-corrected chi connectivity index (χ1v) is 12.2. The summed E-state index contributed by atoms with van der Waals surface area (Å²) in [6.45, 7) is 18.8. The van der Waals surface area contributed by atoms with Crippen LogP contribution in [-0.2, 0) is 13.1 Å². The number of allylic oxidation sites excluding steroid dienone is 2. The smallest absolute Gasteiger partial charge is 0.217 e. The van der Waals surface area contributed by atoms with Crippen LogP contribution in [0.25, 0.3) is 0 Å². The average Bonchev–Trinajstić information content (AvgIpc) is 3.00. The molecule has 2 aromatic rings. The largest absolute Gasteiger partial charge is 0.335 e. The highest BCUT2D eigenvalue weighted by Gasteiger charge is 2.19. The van der Waals surface area contributed by atoms with Crippen LogP contribution >= 0.6 is 35.0 Å². The van der Waals surface area contributed by atoms with Crippen molar-refractivity contribution >= 4 is 35.0 Å². The first kappa shape index (κ1) is 33.6. The first-order valence-electron chi connectivity index (χ1n) is 10.5. The highest BCUT2D eigenvalue weighted by molar-refractivity contribution is 8.03. The van der Waals surface area contributed by atoms with Crippen molar-refractivity contribution in [2.24, 2.45) is 10.2 Å². The molecule has 2 heterocycles. The highest BCUT2D eigenvalue weighted by atomic mass is 35.5. The molecule has 0 aliphatic heterocycles. The number of hydrogen-bond donors (Lipinski definition) is 0. The van der Waals surface area contributed by atoms with E-state index in [-0.39, 0.29) is 0 Å². The van der Waals surface area contributed by atoms with Gasteiger partial charge in [-0.15, -0.1) is 12.8 Å². The van der Waals surface area contributed by atoms with Gasteiger partial charge in [0.05, 0.1) is 5.03 Å². The normalized spacial score (nSPS) is 9.24.